The van der Waals surface area contributed by atoms with Gasteiger partial charge in [0.05, 0.1) is 15.6 Å². The van der Waals surface area contributed by atoms with E-state index in [4.69, 9.17) is 4.52 Å². The van der Waals surface area contributed by atoms with Gasteiger partial charge in [0.15, 0.2) is 0 Å². The SMILES string of the molecule is CCc1nc(CN2CCN(C(=O)CCCc3nc(-c4cccs4)no3)CC2)cs1. The highest BCUT2D eigenvalue weighted by Gasteiger charge is 2.21. The molecule has 0 aromatic carbocycles. The standard InChI is InChI=1S/C20H25N5O2S2/c1-2-18-21-15(14-29-18)13-24-8-10-25(11-9-24)19(26)7-3-6-17-22-20(23-27-17)16-5-4-12-28-16/h4-5,12,14H,2-3,6-11,13H2,1H3. The first-order valence-corrected chi connectivity index (χ1v) is 11.8. The van der Waals surface area contributed by atoms with Gasteiger partial charge in [-0.3, -0.25) is 9.69 Å². The van der Waals surface area contributed by atoms with Crippen molar-refractivity contribution in [3.05, 3.63) is 39.5 Å². The molecule has 0 bridgehead atoms. The Bertz CT molecular complexity index is 913. The second kappa shape index (κ2) is 9.60. The van der Waals surface area contributed by atoms with Crippen molar-refractivity contribution in [3.63, 3.8) is 0 Å². The molecule has 4 heterocycles. The summed E-state index contributed by atoms with van der Waals surface area (Å²) in [6.07, 6.45) is 2.87. The van der Waals surface area contributed by atoms with Crippen molar-refractivity contribution in [2.75, 3.05) is 26.2 Å². The Labute approximate surface area is 178 Å². The summed E-state index contributed by atoms with van der Waals surface area (Å²) < 4.78 is 5.31. The second-order valence-corrected chi connectivity index (χ2v) is 8.98. The molecule has 7 nitrogen and oxygen atoms in total. The summed E-state index contributed by atoms with van der Waals surface area (Å²) >= 11 is 3.32. The van der Waals surface area contributed by atoms with Crippen LogP contribution in [0, 0.1) is 0 Å². The third-order valence-corrected chi connectivity index (χ3v) is 6.91. The number of carbonyl (C=O) groups is 1. The lowest BCUT2D eigenvalue weighted by Crippen LogP contribution is -2.48. The van der Waals surface area contributed by atoms with E-state index in [9.17, 15) is 4.79 Å². The van der Waals surface area contributed by atoms with Crippen LogP contribution in [0.2, 0.25) is 0 Å². The number of thiophene rings is 1. The third-order valence-electron chi connectivity index (χ3n) is 5.00. The maximum absolute atomic E-state index is 12.5. The molecule has 0 saturated carbocycles. The second-order valence-electron chi connectivity index (χ2n) is 7.09. The van der Waals surface area contributed by atoms with Gasteiger partial charge in [-0.05, 0) is 24.3 Å². The van der Waals surface area contributed by atoms with Crippen molar-refractivity contribution in [1.82, 2.24) is 24.9 Å². The molecule has 4 rings (SSSR count). The molecule has 1 amide bonds. The van der Waals surface area contributed by atoms with Crippen molar-refractivity contribution < 1.29 is 9.32 Å². The van der Waals surface area contributed by atoms with Crippen LogP contribution in [0.3, 0.4) is 0 Å². The number of rotatable bonds is 8. The van der Waals surface area contributed by atoms with E-state index in [2.05, 4.69) is 32.3 Å². The van der Waals surface area contributed by atoms with Crippen LogP contribution in [-0.2, 0) is 24.2 Å². The molecule has 9 heteroatoms. The predicted molar refractivity (Wildman–Crippen MR) is 114 cm³/mol. The molecule has 0 aliphatic carbocycles. The van der Waals surface area contributed by atoms with E-state index in [1.807, 2.05) is 22.4 Å². The van der Waals surface area contributed by atoms with Gasteiger partial charge in [0.1, 0.15) is 0 Å². The summed E-state index contributed by atoms with van der Waals surface area (Å²) in [6.45, 7) is 6.38. The third kappa shape index (κ3) is 5.29. The van der Waals surface area contributed by atoms with Crippen molar-refractivity contribution in [2.24, 2.45) is 0 Å². The summed E-state index contributed by atoms with van der Waals surface area (Å²) in [5.74, 6) is 1.44. The van der Waals surface area contributed by atoms with Gasteiger partial charge in [0, 0.05) is 50.9 Å². The molecule has 3 aromatic rings. The molecule has 0 atom stereocenters. The Morgan fingerprint density at radius 3 is 2.79 bits per heavy atom. The summed E-state index contributed by atoms with van der Waals surface area (Å²) in [5, 5.41) is 9.35. The highest BCUT2D eigenvalue weighted by molar-refractivity contribution is 7.13. The van der Waals surface area contributed by atoms with Crippen LogP contribution in [0.25, 0.3) is 10.7 Å². The topological polar surface area (TPSA) is 75.4 Å². The quantitative estimate of drug-likeness (QED) is 0.544. The number of aromatic nitrogens is 3. The number of hydrogen-bond donors (Lipinski definition) is 0. The van der Waals surface area contributed by atoms with Crippen LogP contribution in [0.5, 0.6) is 0 Å². The lowest BCUT2D eigenvalue weighted by molar-refractivity contribution is -0.133. The van der Waals surface area contributed by atoms with Crippen LogP contribution in [0.1, 0.15) is 36.4 Å². The van der Waals surface area contributed by atoms with Crippen LogP contribution < -0.4 is 0 Å². The molecule has 1 saturated heterocycles. The molecule has 0 N–H and O–H groups in total. The van der Waals surface area contributed by atoms with Crippen molar-refractivity contribution in [1.29, 1.82) is 0 Å². The number of amides is 1. The van der Waals surface area contributed by atoms with Crippen LogP contribution >= 0.6 is 22.7 Å². The molecule has 0 unspecified atom stereocenters. The van der Waals surface area contributed by atoms with Crippen molar-refractivity contribution in [3.8, 4) is 10.7 Å². The first-order valence-electron chi connectivity index (χ1n) is 10.0. The zero-order valence-electron chi connectivity index (χ0n) is 16.5. The Morgan fingerprint density at radius 1 is 1.21 bits per heavy atom. The number of hydrogen-bond acceptors (Lipinski definition) is 8. The van der Waals surface area contributed by atoms with E-state index in [0.29, 0.717) is 24.6 Å². The Kier molecular flexibility index (Phi) is 6.68. The minimum atomic E-state index is 0.213. The largest absolute Gasteiger partial charge is 0.340 e. The fraction of sp³-hybridized carbons (Fsp3) is 0.500. The van der Waals surface area contributed by atoms with Crippen LogP contribution in [0.4, 0.5) is 0 Å². The zero-order valence-corrected chi connectivity index (χ0v) is 18.2. The minimum Gasteiger partial charge on any atom is -0.340 e. The fourth-order valence-electron chi connectivity index (χ4n) is 3.38. The Hall–Kier alpha value is -2.10. The minimum absolute atomic E-state index is 0.213. The van der Waals surface area contributed by atoms with Gasteiger partial charge in [0.25, 0.3) is 0 Å². The summed E-state index contributed by atoms with van der Waals surface area (Å²) in [6, 6.07) is 3.94. The molecule has 0 spiro atoms. The zero-order chi connectivity index (χ0) is 20.1. The summed E-state index contributed by atoms with van der Waals surface area (Å²) in [7, 11) is 0. The van der Waals surface area contributed by atoms with Gasteiger partial charge >= 0.3 is 0 Å². The molecule has 1 aliphatic heterocycles. The Morgan fingerprint density at radius 2 is 2.07 bits per heavy atom. The van der Waals surface area contributed by atoms with Gasteiger partial charge < -0.3 is 9.42 Å². The molecule has 3 aromatic heterocycles. The lowest BCUT2D eigenvalue weighted by atomic mass is 10.2. The number of thiazole rings is 1. The number of carbonyl (C=O) groups excluding carboxylic acids is 1. The van der Waals surface area contributed by atoms with E-state index in [1.165, 1.54) is 5.01 Å². The summed E-state index contributed by atoms with van der Waals surface area (Å²) in [4.78, 5) is 26.9. The molecular formula is C20H25N5O2S2. The monoisotopic (exact) mass is 431 g/mol. The molecule has 1 fully saturated rings. The van der Waals surface area contributed by atoms with Gasteiger partial charge in [0.2, 0.25) is 17.6 Å². The molecule has 0 radical (unpaired) electrons. The van der Waals surface area contributed by atoms with E-state index in [0.717, 1.165) is 56.1 Å². The fourth-order valence-corrected chi connectivity index (χ4v) is 4.76. The molecular weight excluding hydrogens is 406 g/mol. The van der Waals surface area contributed by atoms with Crippen LogP contribution in [-0.4, -0.2) is 57.0 Å². The highest BCUT2D eigenvalue weighted by atomic mass is 32.1. The summed E-state index contributed by atoms with van der Waals surface area (Å²) in [5.41, 5.74) is 1.15. The maximum Gasteiger partial charge on any atom is 0.226 e. The first-order chi connectivity index (χ1) is 14.2. The van der Waals surface area contributed by atoms with Crippen LogP contribution in [0.15, 0.2) is 27.4 Å². The van der Waals surface area contributed by atoms with E-state index in [-0.39, 0.29) is 5.91 Å². The van der Waals surface area contributed by atoms with Crippen molar-refractivity contribution >= 4 is 28.6 Å². The number of nitrogens with zero attached hydrogens (tertiary/aromatic N) is 5. The smallest absolute Gasteiger partial charge is 0.226 e. The van der Waals surface area contributed by atoms with E-state index in [1.54, 1.807) is 22.7 Å². The van der Waals surface area contributed by atoms with E-state index >= 15 is 0 Å². The normalized spacial score (nSPS) is 15.1. The predicted octanol–water partition coefficient (Wildman–Crippen LogP) is 3.48. The number of aryl methyl sites for hydroxylation is 2. The van der Waals surface area contributed by atoms with Gasteiger partial charge in [-0.1, -0.05) is 18.1 Å². The van der Waals surface area contributed by atoms with E-state index < -0.39 is 0 Å². The average Bonchev–Trinajstić information content (AvgIpc) is 3.50. The van der Waals surface area contributed by atoms with Gasteiger partial charge in [-0.2, -0.15) is 4.98 Å². The van der Waals surface area contributed by atoms with Gasteiger partial charge in [-0.15, -0.1) is 22.7 Å². The maximum atomic E-state index is 12.5. The molecule has 1 aliphatic rings. The average molecular weight is 432 g/mol. The van der Waals surface area contributed by atoms with Gasteiger partial charge in [-0.25, -0.2) is 4.98 Å². The van der Waals surface area contributed by atoms with Crippen molar-refractivity contribution in [2.45, 2.75) is 39.2 Å². The first kappa shape index (κ1) is 20.2. The molecule has 29 heavy (non-hydrogen) atoms. The number of piperazine rings is 1. The lowest BCUT2D eigenvalue weighted by Gasteiger charge is -2.34. The molecule has 154 valence electrons. The highest BCUT2D eigenvalue weighted by Crippen LogP contribution is 2.21. The Balaban J connectivity index is 1.17.